The number of hydrogen-bond donors (Lipinski definition) is 1. The maximum Gasteiger partial charge on any atom is 0.167 e. The molecular formula is C26H27N9O2. The molecule has 5 aromatic heterocycles. The average molecular weight is 498 g/mol. The molecule has 188 valence electrons. The van der Waals surface area contributed by atoms with E-state index in [1.54, 1.807) is 25.7 Å². The normalized spacial score (nSPS) is 19.2. The van der Waals surface area contributed by atoms with Gasteiger partial charge in [0.25, 0.3) is 0 Å². The summed E-state index contributed by atoms with van der Waals surface area (Å²) in [6.07, 6.45) is 9.76. The Labute approximate surface area is 213 Å². The summed E-state index contributed by atoms with van der Waals surface area (Å²) in [5, 5.41) is 16.8. The monoisotopic (exact) mass is 497 g/mol. The first kappa shape index (κ1) is 22.0. The number of aromatic amines is 1. The molecule has 2 bridgehead atoms. The molecule has 11 heteroatoms. The van der Waals surface area contributed by atoms with Gasteiger partial charge < -0.3 is 14.4 Å². The zero-order valence-electron chi connectivity index (χ0n) is 20.9. The third-order valence-electron chi connectivity index (χ3n) is 7.34. The van der Waals surface area contributed by atoms with Crippen LogP contribution in [-0.2, 0) is 4.74 Å². The first-order valence-electron chi connectivity index (χ1n) is 12.4. The Morgan fingerprint density at radius 1 is 1.08 bits per heavy atom. The van der Waals surface area contributed by atoms with E-state index >= 15 is 0 Å². The van der Waals surface area contributed by atoms with E-state index in [9.17, 15) is 0 Å². The predicted molar refractivity (Wildman–Crippen MR) is 137 cm³/mol. The third kappa shape index (κ3) is 3.57. The molecule has 7 heterocycles. The number of fused-ring (bicyclic) bond motifs is 3. The van der Waals surface area contributed by atoms with Crippen LogP contribution in [0.5, 0.6) is 5.75 Å². The van der Waals surface area contributed by atoms with Crippen molar-refractivity contribution in [2.45, 2.75) is 38.9 Å². The lowest BCUT2D eigenvalue weighted by Gasteiger charge is -2.33. The molecule has 0 aliphatic carbocycles. The lowest BCUT2D eigenvalue weighted by molar-refractivity contribution is 0.0302. The summed E-state index contributed by atoms with van der Waals surface area (Å²) >= 11 is 0. The summed E-state index contributed by atoms with van der Waals surface area (Å²) in [4.78, 5) is 11.8. The highest BCUT2D eigenvalue weighted by Crippen LogP contribution is 2.36. The number of ether oxygens (including phenoxy) is 2. The van der Waals surface area contributed by atoms with E-state index in [2.05, 4.69) is 33.1 Å². The molecule has 5 aromatic rings. The van der Waals surface area contributed by atoms with Gasteiger partial charge in [0.2, 0.25) is 0 Å². The smallest absolute Gasteiger partial charge is 0.167 e. The first-order valence-corrected chi connectivity index (χ1v) is 12.4. The van der Waals surface area contributed by atoms with Gasteiger partial charge in [0.05, 0.1) is 71.9 Å². The quantitative estimate of drug-likeness (QED) is 0.394. The minimum Gasteiger partial charge on any atom is -0.495 e. The van der Waals surface area contributed by atoms with Crippen LogP contribution in [0.2, 0.25) is 0 Å². The van der Waals surface area contributed by atoms with Gasteiger partial charge in [-0.2, -0.15) is 15.3 Å². The van der Waals surface area contributed by atoms with Crippen LogP contribution < -0.4 is 9.64 Å². The molecule has 11 nitrogen and oxygen atoms in total. The molecule has 2 aliphatic heterocycles. The summed E-state index contributed by atoms with van der Waals surface area (Å²) in [5.74, 6) is 1.59. The summed E-state index contributed by atoms with van der Waals surface area (Å²) in [7, 11) is 1.63. The molecule has 0 aromatic carbocycles. The third-order valence-corrected chi connectivity index (χ3v) is 7.34. The number of morpholine rings is 1. The molecule has 2 saturated heterocycles. The number of rotatable bonds is 5. The highest BCUT2D eigenvalue weighted by atomic mass is 16.5. The number of hydrogen-bond acceptors (Lipinski definition) is 8. The number of aromatic nitrogens is 8. The fraction of sp³-hybridized carbons (Fsp3) is 0.346. The predicted octanol–water partition coefficient (Wildman–Crippen LogP) is 3.36. The van der Waals surface area contributed by atoms with Crippen molar-refractivity contribution in [3.8, 4) is 34.0 Å². The first-order chi connectivity index (χ1) is 18.1. The van der Waals surface area contributed by atoms with E-state index in [0.717, 1.165) is 77.0 Å². The summed E-state index contributed by atoms with van der Waals surface area (Å²) in [6, 6.07) is 5.99. The van der Waals surface area contributed by atoms with Gasteiger partial charge in [-0.05, 0) is 32.8 Å². The van der Waals surface area contributed by atoms with Crippen LogP contribution in [-0.4, -0.2) is 72.0 Å². The van der Waals surface area contributed by atoms with Crippen LogP contribution in [0.3, 0.4) is 0 Å². The lowest BCUT2D eigenvalue weighted by atomic mass is 10.1. The molecule has 0 saturated carbocycles. The van der Waals surface area contributed by atoms with Crippen molar-refractivity contribution in [2.24, 2.45) is 0 Å². The maximum absolute atomic E-state index is 6.10. The molecule has 1 N–H and O–H groups in total. The van der Waals surface area contributed by atoms with Crippen molar-refractivity contribution in [3.63, 3.8) is 0 Å². The molecule has 0 radical (unpaired) electrons. The molecule has 7 rings (SSSR count). The minimum atomic E-state index is 0.254. The van der Waals surface area contributed by atoms with E-state index in [-0.39, 0.29) is 12.2 Å². The lowest BCUT2D eigenvalue weighted by Crippen LogP contribution is -2.43. The van der Waals surface area contributed by atoms with Crippen molar-refractivity contribution in [1.29, 1.82) is 0 Å². The second-order valence-electron chi connectivity index (χ2n) is 9.67. The van der Waals surface area contributed by atoms with E-state index in [1.807, 2.05) is 34.5 Å². The van der Waals surface area contributed by atoms with Gasteiger partial charge in [-0.1, -0.05) is 0 Å². The standard InChI is InChI=1S/C26H27N9O2/c1-15-25(16(2)34(32-15)17-8-20(36-3)11-27-10-17)23-9-24(33-13-18-4-5-19(14-33)37-18)30-26-21(12-29-35(23)26)22-6-7-28-31-22/h6-12,18-19H,4-5,13-14H2,1-3H3,(H,28,31). The maximum atomic E-state index is 6.10. The van der Waals surface area contributed by atoms with Crippen molar-refractivity contribution >= 4 is 11.5 Å². The Hall–Kier alpha value is -4.25. The van der Waals surface area contributed by atoms with E-state index < -0.39 is 0 Å². The Balaban J connectivity index is 1.42. The van der Waals surface area contributed by atoms with Crippen LogP contribution in [0.25, 0.3) is 33.8 Å². The highest BCUT2D eigenvalue weighted by Gasteiger charge is 2.35. The molecule has 2 atom stereocenters. The fourth-order valence-electron chi connectivity index (χ4n) is 5.59. The molecular weight excluding hydrogens is 470 g/mol. The SMILES string of the molecule is COc1cncc(-n2nc(C)c(-c3cc(N4CC5CCC(C4)O5)nc4c(-c5ccn[nH]5)cnn34)c2C)c1. The zero-order chi connectivity index (χ0) is 25.1. The topological polar surface area (TPSA) is 111 Å². The number of aryl methyl sites for hydroxylation is 1. The summed E-state index contributed by atoms with van der Waals surface area (Å²) < 4.78 is 15.3. The number of nitrogens with one attached hydrogen (secondary N) is 1. The molecule has 37 heavy (non-hydrogen) atoms. The van der Waals surface area contributed by atoms with Crippen molar-refractivity contribution in [2.75, 3.05) is 25.1 Å². The van der Waals surface area contributed by atoms with Gasteiger partial charge in [0, 0.05) is 37.0 Å². The Kier molecular flexibility index (Phi) is 5.00. The van der Waals surface area contributed by atoms with Gasteiger partial charge in [-0.3, -0.25) is 10.1 Å². The zero-order valence-corrected chi connectivity index (χ0v) is 20.9. The summed E-state index contributed by atoms with van der Waals surface area (Å²) in [6.45, 7) is 5.75. The average Bonchev–Trinajstić information content (AvgIpc) is 3.70. The molecule has 0 amide bonds. The molecule has 2 unspecified atom stereocenters. The van der Waals surface area contributed by atoms with Crippen LogP contribution in [0.15, 0.2) is 43.0 Å². The van der Waals surface area contributed by atoms with Crippen LogP contribution >= 0.6 is 0 Å². The van der Waals surface area contributed by atoms with Crippen LogP contribution in [0.4, 0.5) is 5.82 Å². The van der Waals surface area contributed by atoms with Gasteiger partial charge in [-0.15, -0.1) is 0 Å². The number of anilines is 1. The Morgan fingerprint density at radius 2 is 1.92 bits per heavy atom. The van der Waals surface area contributed by atoms with Crippen LogP contribution in [0, 0.1) is 13.8 Å². The van der Waals surface area contributed by atoms with Gasteiger partial charge in [-0.25, -0.2) is 14.2 Å². The van der Waals surface area contributed by atoms with Gasteiger partial charge >= 0.3 is 0 Å². The van der Waals surface area contributed by atoms with Crippen LogP contribution in [0.1, 0.15) is 24.2 Å². The summed E-state index contributed by atoms with van der Waals surface area (Å²) in [5.41, 5.74) is 7.18. The molecule has 0 spiro atoms. The van der Waals surface area contributed by atoms with E-state index in [1.165, 1.54) is 0 Å². The van der Waals surface area contributed by atoms with E-state index in [0.29, 0.717) is 5.75 Å². The Morgan fingerprint density at radius 3 is 2.68 bits per heavy atom. The van der Waals surface area contributed by atoms with Gasteiger partial charge in [0.15, 0.2) is 5.65 Å². The second kappa shape index (κ2) is 8.41. The molecule has 2 fully saturated rings. The van der Waals surface area contributed by atoms with Crippen molar-refractivity contribution < 1.29 is 9.47 Å². The number of nitrogens with zero attached hydrogens (tertiary/aromatic N) is 8. The molecule has 2 aliphatic rings. The minimum absolute atomic E-state index is 0.254. The number of pyridine rings is 1. The van der Waals surface area contributed by atoms with E-state index in [4.69, 9.17) is 24.7 Å². The van der Waals surface area contributed by atoms with Gasteiger partial charge in [0.1, 0.15) is 11.6 Å². The second-order valence-corrected chi connectivity index (χ2v) is 9.67. The number of H-pyrrole nitrogens is 1. The fourth-order valence-corrected chi connectivity index (χ4v) is 5.59. The largest absolute Gasteiger partial charge is 0.495 e. The highest BCUT2D eigenvalue weighted by molar-refractivity contribution is 5.80. The van der Waals surface area contributed by atoms with Crippen molar-refractivity contribution in [3.05, 3.63) is 54.4 Å². The number of methoxy groups -OCH3 is 1. The Bertz CT molecular complexity index is 1590. The van der Waals surface area contributed by atoms with Crippen molar-refractivity contribution in [1.82, 2.24) is 39.6 Å².